The van der Waals surface area contributed by atoms with E-state index >= 15 is 0 Å². The van der Waals surface area contributed by atoms with Gasteiger partial charge in [0.2, 0.25) is 0 Å². The number of hydrogen-bond donors (Lipinski definition) is 0. The van der Waals surface area contributed by atoms with Crippen molar-refractivity contribution in [1.82, 2.24) is 0 Å². The van der Waals surface area contributed by atoms with Gasteiger partial charge in [0.25, 0.3) is 5.69 Å². The van der Waals surface area contributed by atoms with E-state index in [2.05, 4.69) is 0 Å². The van der Waals surface area contributed by atoms with E-state index in [9.17, 15) is 14.5 Å². The number of benzene rings is 1. The lowest BCUT2D eigenvalue weighted by atomic mass is 10.3. The van der Waals surface area contributed by atoms with Gasteiger partial charge in [0, 0.05) is 12.5 Å². The van der Waals surface area contributed by atoms with E-state index in [-0.39, 0.29) is 24.3 Å². The fourth-order valence-corrected chi connectivity index (χ4v) is 1.69. The molecule has 7 heteroatoms. The summed E-state index contributed by atoms with van der Waals surface area (Å²) in [5, 5.41) is 10.5. The largest absolute Gasteiger partial charge is 0.490 e. The maximum atomic E-state index is 13.5. The van der Waals surface area contributed by atoms with Crippen LogP contribution in [0.5, 0.6) is 5.75 Å². The molecule has 0 N–H and O–H groups in total. The Balaban J connectivity index is 1.83. The van der Waals surface area contributed by atoms with Crippen LogP contribution in [-0.2, 0) is 9.47 Å². The molecule has 104 valence electrons. The van der Waals surface area contributed by atoms with Gasteiger partial charge in [-0.05, 0) is 12.5 Å². The number of nitro groups is 1. The number of nitrogens with zero attached hydrogens (tertiary/aromatic N) is 1. The van der Waals surface area contributed by atoms with Crippen molar-refractivity contribution in [3.05, 3.63) is 34.1 Å². The first-order chi connectivity index (χ1) is 9.16. The van der Waals surface area contributed by atoms with E-state index in [4.69, 9.17) is 14.2 Å². The Morgan fingerprint density at radius 3 is 2.79 bits per heavy atom. The summed E-state index contributed by atoms with van der Waals surface area (Å²) in [5.74, 6) is -0.763. The highest BCUT2D eigenvalue weighted by Gasteiger charge is 2.15. The third kappa shape index (κ3) is 3.87. The van der Waals surface area contributed by atoms with E-state index in [1.165, 1.54) is 12.1 Å². The molecule has 0 saturated carbocycles. The normalized spacial score (nSPS) is 16.3. The van der Waals surface area contributed by atoms with Crippen LogP contribution in [0.25, 0.3) is 0 Å². The fraction of sp³-hybridized carbons (Fsp3) is 0.500. The standard InChI is InChI=1S/C12H14FNO5/c13-10-8-9(14(15)16)2-3-11(10)17-7-4-12-18-5-1-6-19-12/h2-3,8,12H,1,4-7H2. The van der Waals surface area contributed by atoms with Crippen LogP contribution in [0.4, 0.5) is 10.1 Å². The molecule has 0 aliphatic carbocycles. The van der Waals surface area contributed by atoms with Crippen LogP contribution in [0.1, 0.15) is 12.8 Å². The summed E-state index contributed by atoms with van der Waals surface area (Å²) in [6, 6.07) is 3.28. The molecule has 6 nitrogen and oxygen atoms in total. The van der Waals surface area contributed by atoms with Crippen LogP contribution >= 0.6 is 0 Å². The Kier molecular flexibility index (Phi) is 4.64. The zero-order valence-corrected chi connectivity index (χ0v) is 10.2. The van der Waals surface area contributed by atoms with Gasteiger partial charge >= 0.3 is 0 Å². The molecule has 0 amide bonds. The van der Waals surface area contributed by atoms with Crippen molar-refractivity contribution in [3.8, 4) is 5.75 Å². The topological polar surface area (TPSA) is 70.8 Å². The van der Waals surface area contributed by atoms with Crippen molar-refractivity contribution in [1.29, 1.82) is 0 Å². The Morgan fingerprint density at radius 1 is 1.42 bits per heavy atom. The van der Waals surface area contributed by atoms with Crippen molar-refractivity contribution in [2.45, 2.75) is 19.1 Å². The van der Waals surface area contributed by atoms with Gasteiger partial charge in [0.05, 0.1) is 30.8 Å². The first kappa shape index (κ1) is 13.7. The van der Waals surface area contributed by atoms with Crippen LogP contribution in [0, 0.1) is 15.9 Å². The van der Waals surface area contributed by atoms with Crippen molar-refractivity contribution >= 4 is 5.69 Å². The maximum absolute atomic E-state index is 13.5. The van der Waals surface area contributed by atoms with E-state index in [1.54, 1.807) is 0 Å². The highest BCUT2D eigenvalue weighted by atomic mass is 19.1. The maximum Gasteiger partial charge on any atom is 0.272 e. The summed E-state index contributed by atoms with van der Waals surface area (Å²) in [6.45, 7) is 1.52. The number of hydrogen-bond acceptors (Lipinski definition) is 5. The molecule has 0 spiro atoms. The van der Waals surface area contributed by atoms with Gasteiger partial charge < -0.3 is 14.2 Å². The summed E-state index contributed by atoms with van der Waals surface area (Å²) in [7, 11) is 0. The average Bonchev–Trinajstić information content (AvgIpc) is 2.41. The minimum Gasteiger partial charge on any atom is -0.490 e. The highest BCUT2D eigenvalue weighted by Crippen LogP contribution is 2.22. The second kappa shape index (κ2) is 6.44. The van der Waals surface area contributed by atoms with E-state index in [1.807, 2.05) is 0 Å². The molecule has 0 bridgehead atoms. The molecular formula is C12H14FNO5. The first-order valence-corrected chi connectivity index (χ1v) is 5.97. The Bertz CT molecular complexity index is 448. The molecule has 0 unspecified atom stereocenters. The third-order valence-electron chi connectivity index (χ3n) is 2.63. The zero-order chi connectivity index (χ0) is 13.7. The van der Waals surface area contributed by atoms with Crippen molar-refractivity contribution in [2.24, 2.45) is 0 Å². The van der Waals surface area contributed by atoms with Crippen LogP contribution in [0.15, 0.2) is 18.2 Å². The molecular weight excluding hydrogens is 257 g/mol. The number of non-ortho nitro benzene ring substituents is 1. The molecule has 1 aromatic carbocycles. The minimum absolute atomic E-state index is 0.0126. The summed E-state index contributed by atoms with van der Waals surface area (Å²) < 4.78 is 29.3. The lowest BCUT2D eigenvalue weighted by molar-refractivity contribution is -0.385. The molecule has 1 aliphatic rings. The predicted octanol–water partition coefficient (Wildman–Crippen LogP) is 2.27. The summed E-state index contributed by atoms with van der Waals surface area (Å²) in [6.07, 6.45) is 1.03. The summed E-state index contributed by atoms with van der Waals surface area (Å²) in [4.78, 5) is 9.79. The van der Waals surface area contributed by atoms with Crippen molar-refractivity contribution < 1.29 is 23.5 Å². The van der Waals surface area contributed by atoms with Crippen LogP contribution in [-0.4, -0.2) is 31.0 Å². The molecule has 1 heterocycles. The second-order valence-electron chi connectivity index (χ2n) is 4.03. The Labute approximate surface area is 109 Å². The lowest BCUT2D eigenvalue weighted by Crippen LogP contribution is -2.26. The lowest BCUT2D eigenvalue weighted by Gasteiger charge is -2.23. The van der Waals surface area contributed by atoms with Crippen molar-refractivity contribution in [2.75, 3.05) is 19.8 Å². The molecule has 0 atom stereocenters. The Hall–Kier alpha value is -1.73. The summed E-state index contributed by atoms with van der Waals surface area (Å²) >= 11 is 0. The molecule has 1 aliphatic heterocycles. The molecule has 19 heavy (non-hydrogen) atoms. The monoisotopic (exact) mass is 271 g/mol. The molecule has 0 aromatic heterocycles. The van der Waals surface area contributed by atoms with Crippen molar-refractivity contribution in [3.63, 3.8) is 0 Å². The molecule has 1 aromatic rings. The van der Waals surface area contributed by atoms with Gasteiger partial charge in [-0.25, -0.2) is 4.39 Å². The van der Waals surface area contributed by atoms with E-state index < -0.39 is 10.7 Å². The number of rotatable bonds is 5. The van der Waals surface area contributed by atoms with Crippen LogP contribution in [0.2, 0.25) is 0 Å². The summed E-state index contributed by atoms with van der Waals surface area (Å²) in [5.41, 5.74) is -0.302. The molecule has 1 fully saturated rings. The quantitative estimate of drug-likeness (QED) is 0.606. The highest BCUT2D eigenvalue weighted by molar-refractivity contribution is 5.37. The number of halogens is 1. The predicted molar refractivity (Wildman–Crippen MR) is 63.5 cm³/mol. The van der Waals surface area contributed by atoms with Gasteiger partial charge in [0.1, 0.15) is 0 Å². The molecule has 2 rings (SSSR count). The first-order valence-electron chi connectivity index (χ1n) is 5.97. The van der Waals surface area contributed by atoms with Gasteiger partial charge in [-0.2, -0.15) is 0 Å². The number of nitro benzene ring substituents is 1. The zero-order valence-electron chi connectivity index (χ0n) is 10.2. The molecule has 0 radical (unpaired) electrons. The van der Waals surface area contributed by atoms with Crippen LogP contribution in [0.3, 0.4) is 0 Å². The van der Waals surface area contributed by atoms with Crippen LogP contribution < -0.4 is 4.74 Å². The van der Waals surface area contributed by atoms with Gasteiger partial charge in [0.15, 0.2) is 17.9 Å². The van der Waals surface area contributed by atoms with Gasteiger partial charge in [-0.3, -0.25) is 10.1 Å². The Morgan fingerprint density at radius 2 is 2.16 bits per heavy atom. The minimum atomic E-state index is -0.750. The van der Waals surface area contributed by atoms with E-state index in [0.29, 0.717) is 19.6 Å². The molecule has 1 saturated heterocycles. The second-order valence-corrected chi connectivity index (χ2v) is 4.03. The smallest absolute Gasteiger partial charge is 0.272 e. The fourth-order valence-electron chi connectivity index (χ4n) is 1.69. The number of ether oxygens (including phenoxy) is 3. The third-order valence-corrected chi connectivity index (χ3v) is 2.63. The van der Waals surface area contributed by atoms with Gasteiger partial charge in [-0.15, -0.1) is 0 Å². The van der Waals surface area contributed by atoms with E-state index in [0.717, 1.165) is 12.5 Å². The average molecular weight is 271 g/mol. The SMILES string of the molecule is O=[N+]([O-])c1ccc(OCCC2OCCCO2)c(F)c1. The van der Waals surface area contributed by atoms with Gasteiger partial charge in [-0.1, -0.05) is 0 Å².